The van der Waals surface area contributed by atoms with Crippen molar-refractivity contribution in [3.63, 3.8) is 0 Å². The second kappa shape index (κ2) is 5.13. The lowest BCUT2D eigenvalue weighted by molar-refractivity contribution is 0.320. The van der Waals surface area contributed by atoms with Crippen LogP contribution >= 0.6 is 15.9 Å². The third-order valence-electron chi connectivity index (χ3n) is 3.29. The average Bonchev–Trinajstić information content (AvgIpc) is 2.22. The summed E-state index contributed by atoms with van der Waals surface area (Å²) in [7, 11) is 0. The fraction of sp³-hybridized carbons (Fsp3) is 0.538. The first-order valence-corrected chi connectivity index (χ1v) is 6.54. The van der Waals surface area contributed by atoms with E-state index in [4.69, 9.17) is 5.73 Å². The van der Waals surface area contributed by atoms with E-state index in [-0.39, 0.29) is 0 Å². The van der Waals surface area contributed by atoms with Gasteiger partial charge in [-0.3, -0.25) is 0 Å². The van der Waals surface area contributed by atoms with Gasteiger partial charge in [-0.05, 0) is 36.8 Å². The predicted octanol–water partition coefficient (Wildman–Crippen LogP) is 3.51. The number of rotatable bonds is 2. The Balaban J connectivity index is 1.99. The summed E-state index contributed by atoms with van der Waals surface area (Å²) in [4.78, 5) is 0. The first-order valence-electron chi connectivity index (χ1n) is 5.74. The maximum absolute atomic E-state index is 6.01. The molecule has 0 radical (unpaired) electrons. The summed E-state index contributed by atoms with van der Waals surface area (Å²) in [6, 6.07) is 8.96. The Morgan fingerprint density at radius 2 is 2.07 bits per heavy atom. The highest BCUT2D eigenvalue weighted by Crippen LogP contribution is 2.28. The Bertz CT molecular complexity index is 324. The Morgan fingerprint density at radius 1 is 1.27 bits per heavy atom. The average molecular weight is 268 g/mol. The topological polar surface area (TPSA) is 26.0 Å². The van der Waals surface area contributed by atoms with E-state index in [2.05, 4.69) is 40.2 Å². The molecule has 0 aliphatic heterocycles. The van der Waals surface area contributed by atoms with Gasteiger partial charge >= 0.3 is 0 Å². The van der Waals surface area contributed by atoms with Gasteiger partial charge in [0.15, 0.2) is 0 Å². The summed E-state index contributed by atoms with van der Waals surface area (Å²) in [6.07, 6.45) is 6.23. The second-order valence-electron chi connectivity index (χ2n) is 4.59. The Kier molecular flexibility index (Phi) is 3.81. The quantitative estimate of drug-likeness (QED) is 0.872. The fourth-order valence-electron chi connectivity index (χ4n) is 2.49. The molecule has 2 unspecified atom stereocenters. The van der Waals surface area contributed by atoms with E-state index in [0.717, 1.165) is 5.92 Å². The van der Waals surface area contributed by atoms with Crippen LogP contribution in [0.15, 0.2) is 28.7 Å². The second-order valence-corrected chi connectivity index (χ2v) is 5.44. The van der Waals surface area contributed by atoms with Crippen LogP contribution in [0.4, 0.5) is 0 Å². The highest BCUT2D eigenvalue weighted by molar-refractivity contribution is 9.10. The SMILES string of the molecule is NC1CCCC(Cc2ccccc2Br)C1. The van der Waals surface area contributed by atoms with Crippen LogP contribution in [0.3, 0.4) is 0 Å². The van der Waals surface area contributed by atoms with Crippen LogP contribution in [0.25, 0.3) is 0 Å². The molecule has 1 aliphatic rings. The molecule has 2 atom stereocenters. The third kappa shape index (κ3) is 3.05. The van der Waals surface area contributed by atoms with E-state index in [9.17, 15) is 0 Å². The van der Waals surface area contributed by atoms with E-state index >= 15 is 0 Å². The molecular formula is C13H18BrN. The van der Waals surface area contributed by atoms with E-state index in [1.165, 1.54) is 42.1 Å². The van der Waals surface area contributed by atoms with Gasteiger partial charge in [-0.25, -0.2) is 0 Å². The molecule has 2 heteroatoms. The van der Waals surface area contributed by atoms with Crippen molar-refractivity contribution in [3.05, 3.63) is 34.3 Å². The molecule has 0 aromatic heterocycles. The molecular weight excluding hydrogens is 250 g/mol. The van der Waals surface area contributed by atoms with Crippen LogP contribution in [0.2, 0.25) is 0 Å². The van der Waals surface area contributed by atoms with E-state index < -0.39 is 0 Å². The lowest BCUT2D eigenvalue weighted by atomic mass is 9.82. The first kappa shape index (κ1) is 11.2. The highest BCUT2D eigenvalue weighted by atomic mass is 79.9. The van der Waals surface area contributed by atoms with Crippen molar-refractivity contribution in [2.75, 3.05) is 0 Å². The Morgan fingerprint density at radius 3 is 2.80 bits per heavy atom. The molecule has 0 spiro atoms. The number of benzene rings is 1. The molecule has 82 valence electrons. The van der Waals surface area contributed by atoms with Crippen molar-refractivity contribution in [1.82, 2.24) is 0 Å². The van der Waals surface area contributed by atoms with E-state index in [1.54, 1.807) is 0 Å². The van der Waals surface area contributed by atoms with Crippen LogP contribution in [-0.2, 0) is 6.42 Å². The molecule has 15 heavy (non-hydrogen) atoms. The van der Waals surface area contributed by atoms with Crippen molar-refractivity contribution in [2.45, 2.75) is 38.1 Å². The molecule has 1 aliphatic carbocycles. The number of nitrogens with two attached hydrogens (primary N) is 1. The lowest BCUT2D eigenvalue weighted by Gasteiger charge is -2.26. The monoisotopic (exact) mass is 267 g/mol. The molecule has 0 amide bonds. The normalized spacial score (nSPS) is 26.5. The summed E-state index contributed by atoms with van der Waals surface area (Å²) in [5.74, 6) is 0.785. The zero-order valence-corrected chi connectivity index (χ0v) is 10.5. The van der Waals surface area contributed by atoms with Crippen molar-refractivity contribution in [2.24, 2.45) is 11.7 Å². The molecule has 1 fully saturated rings. The van der Waals surface area contributed by atoms with Gasteiger partial charge in [0.25, 0.3) is 0 Å². The van der Waals surface area contributed by atoms with Gasteiger partial charge in [0, 0.05) is 10.5 Å². The summed E-state index contributed by atoms with van der Waals surface area (Å²) < 4.78 is 1.24. The summed E-state index contributed by atoms with van der Waals surface area (Å²) in [5, 5.41) is 0. The number of hydrogen-bond donors (Lipinski definition) is 1. The van der Waals surface area contributed by atoms with E-state index in [0.29, 0.717) is 6.04 Å². The largest absolute Gasteiger partial charge is 0.328 e. The van der Waals surface area contributed by atoms with Gasteiger partial charge < -0.3 is 5.73 Å². The van der Waals surface area contributed by atoms with Gasteiger partial charge in [0.05, 0.1) is 0 Å². The van der Waals surface area contributed by atoms with Crippen LogP contribution in [0, 0.1) is 5.92 Å². The van der Waals surface area contributed by atoms with Gasteiger partial charge in [-0.1, -0.05) is 47.0 Å². The number of halogens is 1. The Labute approximate surface area is 100 Å². The van der Waals surface area contributed by atoms with Crippen LogP contribution in [0.5, 0.6) is 0 Å². The molecule has 0 heterocycles. The maximum atomic E-state index is 6.01. The van der Waals surface area contributed by atoms with Crippen LogP contribution in [-0.4, -0.2) is 6.04 Å². The molecule has 2 N–H and O–H groups in total. The van der Waals surface area contributed by atoms with Gasteiger partial charge in [0.1, 0.15) is 0 Å². The van der Waals surface area contributed by atoms with Crippen molar-refractivity contribution in [1.29, 1.82) is 0 Å². The van der Waals surface area contributed by atoms with Crippen LogP contribution < -0.4 is 5.73 Å². The smallest absolute Gasteiger partial charge is 0.0207 e. The van der Waals surface area contributed by atoms with Crippen molar-refractivity contribution < 1.29 is 0 Å². The third-order valence-corrected chi connectivity index (χ3v) is 4.06. The molecule has 1 aromatic rings. The standard InChI is InChI=1S/C13H18BrN/c14-13-7-2-1-5-11(13)8-10-4-3-6-12(15)9-10/h1-2,5,7,10,12H,3-4,6,8-9,15H2. The minimum absolute atomic E-state index is 0.436. The zero-order chi connectivity index (χ0) is 10.7. The molecule has 1 aromatic carbocycles. The van der Waals surface area contributed by atoms with Gasteiger partial charge in [-0.2, -0.15) is 0 Å². The van der Waals surface area contributed by atoms with Gasteiger partial charge in [-0.15, -0.1) is 0 Å². The fourth-order valence-corrected chi connectivity index (χ4v) is 2.94. The molecule has 0 saturated heterocycles. The Hall–Kier alpha value is -0.340. The van der Waals surface area contributed by atoms with E-state index in [1.807, 2.05) is 0 Å². The molecule has 1 saturated carbocycles. The molecule has 1 nitrogen and oxygen atoms in total. The predicted molar refractivity (Wildman–Crippen MR) is 67.8 cm³/mol. The number of hydrogen-bond acceptors (Lipinski definition) is 1. The summed E-state index contributed by atoms with van der Waals surface area (Å²) in [6.45, 7) is 0. The lowest BCUT2D eigenvalue weighted by Crippen LogP contribution is -2.28. The molecule has 0 bridgehead atoms. The zero-order valence-electron chi connectivity index (χ0n) is 8.95. The van der Waals surface area contributed by atoms with Crippen molar-refractivity contribution in [3.8, 4) is 0 Å². The molecule has 2 rings (SSSR count). The van der Waals surface area contributed by atoms with Crippen LogP contribution in [0.1, 0.15) is 31.2 Å². The van der Waals surface area contributed by atoms with Gasteiger partial charge in [0.2, 0.25) is 0 Å². The minimum Gasteiger partial charge on any atom is -0.328 e. The maximum Gasteiger partial charge on any atom is 0.0207 e. The van der Waals surface area contributed by atoms with Crippen molar-refractivity contribution >= 4 is 15.9 Å². The highest BCUT2D eigenvalue weighted by Gasteiger charge is 2.19. The minimum atomic E-state index is 0.436. The first-order chi connectivity index (χ1) is 7.25. The summed E-state index contributed by atoms with van der Waals surface area (Å²) >= 11 is 3.61. The summed E-state index contributed by atoms with van der Waals surface area (Å²) in [5.41, 5.74) is 7.43.